The van der Waals surface area contributed by atoms with Crippen LogP contribution in [0.5, 0.6) is 0 Å². The normalized spacial score (nSPS) is 11.3. The first-order valence-electron chi connectivity index (χ1n) is 11.2. The van der Waals surface area contributed by atoms with Crippen LogP contribution in [0, 0.1) is 17.0 Å². The summed E-state index contributed by atoms with van der Waals surface area (Å²) in [5.41, 5.74) is 1.24. The van der Waals surface area contributed by atoms with E-state index in [9.17, 15) is 28.1 Å². The first-order chi connectivity index (χ1) is 18.1. The Bertz CT molecular complexity index is 1460. The standard InChI is InChI=1S/C25H21F3N6O3S/c1-16-6-2-3-7-17(16)15-38-24-32-31-22(33(24)18-10-12-19(13-11-18)34(36)37)14-29-23(35)30-21-9-5-4-8-20(21)25(26,27)28/h2-13H,14-15H2,1H3,(H2,29,30,35). The van der Waals surface area contributed by atoms with Gasteiger partial charge in [-0.3, -0.25) is 14.7 Å². The maximum absolute atomic E-state index is 13.3. The summed E-state index contributed by atoms with van der Waals surface area (Å²) < 4.78 is 41.4. The van der Waals surface area contributed by atoms with E-state index in [-0.39, 0.29) is 23.7 Å². The van der Waals surface area contributed by atoms with E-state index in [2.05, 4.69) is 20.8 Å². The SMILES string of the molecule is Cc1ccccc1CSc1nnc(CNC(=O)Nc2ccccc2C(F)(F)F)n1-c1ccc([N+](=O)[O-])cc1. The molecule has 0 fully saturated rings. The zero-order valence-electron chi connectivity index (χ0n) is 19.9. The van der Waals surface area contributed by atoms with Gasteiger partial charge in [-0.25, -0.2) is 4.79 Å². The van der Waals surface area contributed by atoms with E-state index in [0.717, 1.165) is 23.3 Å². The summed E-state index contributed by atoms with van der Waals surface area (Å²) >= 11 is 1.38. The van der Waals surface area contributed by atoms with Crippen LogP contribution in [-0.4, -0.2) is 25.7 Å². The van der Waals surface area contributed by atoms with E-state index in [4.69, 9.17) is 0 Å². The van der Waals surface area contributed by atoms with E-state index >= 15 is 0 Å². The lowest BCUT2D eigenvalue weighted by Gasteiger charge is -2.14. The lowest BCUT2D eigenvalue weighted by molar-refractivity contribution is -0.384. The van der Waals surface area contributed by atoms with E-state index in [1.54, 1.807) is 4.57 Å². The fourth-order valence-electron chi connectivity index (χ4n) is 3.57. The van der Waals surface area contributed by atoms with Gasteiger partial charge < -0.3 is 10.6 Å². The Kier molecular flexibility index (Phi) is 7.96. The number of nitro groups is 1. The molecule has 0 radical (unpaired) electrons. The molecule has 0 saturated carbocycles. The molecule has 0 aliphatic heterocycles. The van der Waals surface area contributed by atoms with E-state index in [0.29, 0.717) is 16.6 Å². The molecule has 1 aromatic heterocycles. The van der Waals surface area contributed by atoms with Crippen LogP contribution >= 0.6 is 11.8 Å². The Morgan fingerprint density at radius 1 is 1.03 bits per heavy atom. The third kappa shape index (κ3) is 6.29. The van der Waals surface area contributed by atoms with Crippen molar-refractivity contribution in [1.82, 2.24) is 20.1 Å². The lowest BCUT2D eigenvalue weighted by atomic mass is 10.1. The number of hydrogen-bond donors (Lipinski definition) is 2. The molecule has 13 heteroatoms. The molecule has 3 aromatic carbocycles. The molecule has 0 aliphatic rings. The highest BCUT2D eigenvalue weighted by molar-refractivity contribution is 7.98. The number of carbonyl (C=O) groups is 1. The lowest BCUT2D eigenvalue weighted by Crippen LogP contribution is -2.30. The van der Waals surface area contributed by atoms with Crippen LogP contribution in [0.4, 0.5) is 29.3 Å². The predicted octanol–water partition coefficient (Wildman–Crippen LogP) is 6.12. The molecule has 196 valence electrons. The highest BCUT2D eigenvalue weighted by atomic mass is 32.2. The number of non-ortho nitro benzene ring substituents is 1. The number of benzene rings is 3. The number of amides is 2. The number of halogens is 3. The molecule has 1 heterocycles. The minimum Gasteiger partial charge on any atom is -0.331 e. The van der Waals surface area contributed by atoms with Gasteiger partial charge >= 0.3 is 12.2 Å². The van der Waals surface area contributed by atoms with Crippen molar-refractivity contribution in [2.24, 2.45) is 0 Å². The number of aromatic nitrogens is 3. The monoisotopic (exact) mass is 542 g/mol. The molecule has 0 spiro atoms. The fourth-order valence-corrected chi connectivity index (χ4v) is 4.62. The molecule has 38 heavy (non-hydrogen) atoms. The van der Waals surface area contributed by atoms with Gasteiger partial charge in [0, 0.05) is 23.6 Å². The number of rotatable bonds is 8. The van der Waals surface area contributed by atoms with Crippen molar-refractivity contribution in [3.63, 3.8) is 0 Å². The topological polar surface area (TPSA) is 115 Å². The molecule has 4 rings (SSSR count). The largest absolute Gasteiger partial charge is 0.418 e. The van der Waals surface area contributed by atoms with Gasteiger partial charge in [-0.2, -0.15) is 13.2 Å². The highest BCUT2D eigenvalue weighted by Crippen LogP contribution is 2.34. The van der Waals surface area contributed by atoms with Crippen molar-refractivity contribution in [2.75, 3.05) is 5.32 Å². The minimum absolute atomic E-state index is 0.0988. The van der Waals surface area contributed by atoms with E-state index in [1.165, 1.54) is 48.2 Å². The summed E-state index contributed by atoms with van der Waals surface area (Å²) in [6.45, 7) is 1.82. The summed E-state index contributed by atoms with van der Waals surface area (Å²) in [6.07, 6.45) is -4.64. The zero-order chi connectivity index (χ0) is 27.3. The van der Waals surface area contributed by atoms with Crippen LogP contribution in [0.15, 0.2) is 78.0 Å². The van der Waals surface area contributed by atoms with Crippen LogP contribution in [0.3, 0.4) is 0 Å². The Balaban J connectivity index is 1.56. The van der Waals surface area contributed by atoms with Crippen molar-refractivity contribution in [3.8, 4) is 5.69 Å². The molecule has 0 atom stereocenters. The molecular weight excluding hydrogens is 521 g/mol. The molecule has 0 bridgehead atoms. The first-order valence-corrected chi connectivity index (χ1v) is 12.2. The van der Waals surface area contributed by atoms with Gasteiger partial charge in [-0.05, 0) is 42.3 Å². The fraction of sp³-hybridized carbons (Fsp3) is 0.160. The number of carbonyl (C=O) groups excluding carboxylic acids is 1. The summed E-state index contributed by atoms with van der Waals surface area (Å²) in [5, 5.41) is 24.7. The van der Waals surface area contributed by atoms with Gasteiger partial charge in [0.25, 0.3) is 5.69 Å². The number of urea groups is 1. The number of aryl methyl sites for hydroxylation is 1. The van der Waals surface area contributed by atoms with Crippen LogP contribution in [-0.2, 0) is 18.5 Å². The Morgan fingerprint density at radius 3 is 2.39 bits per heavy atom. The van der Waals surface area contributed by atoms with Crippen molar-refractivity contribution >= 4 is 29.2 Å². The van der Waals surface area contributed by atoms with Crippen LogP contribution < -0.4 is 10.6 Å². The number of nitro benzene ring substituents is 1. The first kappa shape index (κ1) is 26.7. The van der Waals surface area contributed by atoms with Gasteiger partial charge in [0.2, 0.25) is 0 Å². The average Bonchev–Trinajstić information content (AvgIpc) is 3.29. The molecule has 0 aliphatic carbocycles. The maximum atomic E-state index is 13.3. The molecule has 2 N–H and O–H groups in total. The van der Waals surface area contributed by atoms with E-state index < -0.39 is 22.7 Å². The number of nitrogens with zero attached hydrogens (tertiary/aromatic N) is 4. The Morgan fingerprint density at radius 2 is 1.71 bits per heavy atom. The number of para-hydroxylation sites is 1. The minimum atomic E-state index is -4.64. The van der Waals surface area contributed by atoms with E-state index in [1.807, 2.05) is 31.2 Å². The van der Waals surface area contributed by atoms with Crippen LogP contribution in [0.1, 0.15) is 22.5 Å². The van der Waals surface area contributed by atoms with Gasteiger partial charge in [0.15, 0.2) is 11.0 Å². The molecule has 2 amide bonds. The molecule has 9 nitrogen and oxygen atoms in total. The van der Waals surface area contributed by atoms with Gasteiger partial charge in [0.1, 0.15) is 0 Å². The number of alkyl halides is 3. The number of anilines is 1. The number of hydrogen-bond acceptors (Lipinski definition) is 6. The second-order valence-corrected chi connectivity index (χ2v) is 9.02. The van der Waals surface area contributed by atoms with Crippen LogP contribution in [0.2, 0.25) is 0 Å². The molecule has 4 aromatic rings. The Hall–Kier alpha value is -4.39. The summed E-state index contributed by atoms with van der Waals surface area (Å²) in [6, 6.07) is 17.3. The number of nitrogens with one attached hydrogen (secondary N) is 2. The third-order valence-electron chi connectivity index (χ3n) is 5.52. The Labute approximate surface area is 219 Å². The summed E-state index contributed by atoms with van der Waals surface area (Å²) in [4.78, 5) is 23.0. The van der Waals surface area contributed by atoms with Crippen LogP contribution in [0.25, 0.3) is 5.69 Å². The smallest absolute Gasteiger partial charge is 0.331 e. The van der Waals surface area contributed by atoms with Crippen molar-refractivity contribution in [2.45, 2.75) is 30.6 Å². The average molecular weight is 543 g/mol. The maximum Gasteiger partial charge on any atom is 0.418 e. The molecule has 0 unspecified atom stereocenters. The summed E-state index contributed by atoms with van der Waals surface area (Å²) in [7, 11) is 0. The third-order valence-corrected chi connectivity index (χ3v) is 6.50. The van der Waals surface area contributed by atoms with Crippen molar-refractivity contribution in [3.05, 3.63) is 105 Å². The van der Waals surface area contributed by atoms with Crippen molar-refractivity contribution < 1.29 is 22.9 Å². The molecule has 0 saturated heterocycles. The van der Waals surface area contributed by atoms with Gasteiger partial charge in [-0.15, -0.1) is 10.2 Å². The second-order valence-electron chi connectivity index (χ2n) is 8.07. The highest BCUT2D eigenvalue weighted by Gasteiger charge is 2.33. The quantitative estimate of drug-likeness (QED) is 0.158. The second kappa shape index (κ2) is 11.3. The van der Waals surface area contributed by atoms with Gasteiger partial charge in [-0.1, -0.05) is 48.2 Å². The molecular formula is C25H21F3N6O3S. The van der Waals surface area contributed by atoms with Crippen molar-refractivity contribution in [1.29, 1.82) is 0 Å². The predicted molar refractivity (Wildman–Crippen MR) is 136 cm³/mol. The zero-order valence-corrected chi connectivity index (χ0v) is 20.7. The van der Waals surface area contributed by atoms with Gasteiger partial charge in [0.05, 0.1) is 22.7 Å². The summed E-state index contributed by atoms with van der Waals surface area (Å²) in [5.74, 6) is 0.852. The number of thioether (sulfide) groups is 1.